The molecule has 2 N–H and O–H groups in total. The molecule has 8 heteroatoms. The molecule has 2 aliphatic carbocycles. The van der Waals surface area contributed by atoms with Crippen molar-refractivity contribution in [2.75, 3.05) is 13.2 Å². The zero-order valence-corrected chi connectivity index (χ0v) is 22.5. The van der Waals surface area contributed by atoms with Crippen LogP contribution in [-0.4, -0.2) is 45.2 Å². The monoisotopic (exact) mass is 504 g/mol. The lowest BCUT2D eigenvalue weighted by Gasteiger charge is -2.53. The quantitative estimate of drug-likeness (QED) is 0.615. The third kappa shape index (κ3) is 4.29. The number of nitrogens with one attached hydrogen (secondary N) is 2. The fourth-order valence-corrected chi connectivity index (χ4v) is 8.72. The van der Waals surface area contributed by atoms with Crippen molar-refractivity contribution in [3.63, 3.8) is 0 Å². The zero-order valence-electron chi connectivity index (χ0n) is 21.6. The van der Waals surface area contributed by atoms with Gasteiger partial charge in [0.25, 0.3) is 0 Å². The Bertz CT molecular complexity index is 1110. The molecule has 1 aromatic carbocycles. The summed E-state index contributed by atoms with van der Waals surface area (Å²) in [6, 6.07) is 5.29. The minimum absolute atomic E-state index is 0.00275. The summed E-state index contributed by atoms with van der Waals surface area (Å²) in [5.41, 5.74) is 0.834. The first-order valence-corrected chi connectivity index (χ1v) is 14.5. The number of hydrogen-bond donors (Lipinski definition) is 2. The fraction of sp³-hybridized carbons (Fsp3) is 0.741. The molecular formula is C27H40N2O5S. The van der Waals surface area contributed by atoms with Gasteiger partial charge in [-0.1, -0.05) is 13.8 Å². The van der Waals surface area contributed by atoms with E-state index in [4.69, 9.17) is 9.47 Å². The van der Waals surface area contributed by atoms with Gasteiger partial charge in [-0.3, -0.25) is 4.79 Å². The van der Waals surface area contributed by atoms with Gasteiger partial charge in [0.2, 0.25) is 15.9 Å². The summed E-state index contributed by atoms with van der Waals surface area (Å²) in [5.74, 6) is 1.69. The maximum Gasteiger partial charge on any atom is 0.240 e. The summed E-state index contributed by atoms with van der Waals surface area (Å²) in [6.07, 6.45) is 5.46. The van der Waals surface area contributed by atoms with Crippen molar-refractivity contribution in [1.82, 2.24) is 10.0 Å². The topological polar surface area (TPSA) is 93.7 Å². The van der Waals surface area contributed by atoms with Gasteiger partial charge in [-0.15, -0.1) is 0 Å². The number of hydrogen-bond acceptors (Lipinski definition) is 5. The van der Waals surface area contributed by atoms with Crippen LogP contribution in [-0.2, 0) is 26.0 Å². The largest absolute Gasteiger partial charge is 0.488 e. The highest BCUT2D eigenvalue weighted by Gasteiger charge is 2.68. The Kier molecular flexibility index (Phi) is 6.04. The maximum atomic E-state index is 13.1. The Morgan fingerprint density at radius 3 is 2.69 bits per heavy atom. The second kappa shape index (κ2) is 8.45. The van der Waals surface area contributed by atoms with E-state index >= 15 is 0 Å². The molecule has 1 amide bonds. The van der Waals surface area contributed by atoms with Gasteiger partial charge in [-0.2, -0.15) is 0 Å². The normalized spacial score (nSPS) is 34.5. The van der Waals surface area contributed by atoms with Crippen LogP contribution >= 0.6 is 0 Å². The fourth-order valence-electron chi connectivity index (χ4n) is 7.62. The van der Waals surface area contributed by atoms with E-state index in [2.05, 4.69) is 37.7 Å². The number of fused-ring (bicyclic) bond motifs is 2. The molecule has 3 fully saturated rings. The molecule has 7 nitrogen and oxygen atoms in total. The molecule has 35 heavy (non-hydrogen) atoms. The van der Waals surface area contributed by atoms with E-state index in [1.54, 1.807) is 25.1 Å². The summed E-state index contributed by atoms with van der Waals surface area (Å²) in [7, 11) is -3.62. The predicted octanol–water partition coefficient (Wildman–Crippen LogP) is 3.80. The highest BCUT2D eigenvalue weighted by atomic mass is 32.2. The van der Waals surface area contributed by atoms with Gasteiger partial charge in [-0.25, -0.2) is 13.1 Å². The molecule has 5 rings (SSSR count). The van der Waals surface area contributed by atoms with E-state index < -0.39 is 10.0 Å². The molecule has 2 heterocycles. The maximum absolute atomic E-state index is 13.1. The van der Waals surface area contributed by atoms with Crippen molar-refractivity contribution in [1.29, 1.82) is 0 Å². The van der Waals surface area contributed by atoms with Crippen LogP contribution in [0.5, 0.6) is 5.75 Å². The molecule has 0 radical (unpaired) electrons. The molecule has 2 saturated carbocycles. The van der Waals surface area contributed by atoms with E-state index in [1.807, 2.05) is 0 Å². The summed E-state index contributed by atoms with van der Waals surface area (Å²) < 4.78 is 41.1. The average molecular weight is 505 g/mol. The second-order valence-electron chi connectivity index (χ2n) is 12.4. The summed E-state index contributed by atoms with van der Waals surface area (Å²) in [5, 5.41) is 3.29. The molecule has 2 bridgehead atoms. The standard InChI is InChI=1S/C27H40N2O5S/c1-17(30)29-24-26(4,5)19-15-21-23(33-13-11-27(21,24)16-19)9-12-28-35(31,32)20-6-7-22-18(14-20)8-10-25(2,3)34-22/h6-7,14,19,21,23-24,28H,8-13,15-16H2,1-5H3,(H,29,30)/t19-,21-,23-,24+,27?/m1/s1. The van der Waals surface area contributed by atoms with Crippen molar-refractivity contribution in [2.24, 2.45) is 22.7 Å². The molecule has 1 aromatic rings. The van der Waals surface area contributed by atoms with E-state index in [0.717, 1.165) is 43.4 Å². The van der Waals surface area contributed by atoms with Gasteiger partial charge in [0.05, 0.1) is 11.0 Å². The molecule has 0 aromatic heterocycles. The van der Waals surface area contributed by atoms with E-state index in [-0.39, 0.29) is 39.4 Å². The third-order valence-electron chi connectivity index (χ3n) is 9.42. The van der Waals surface area contributed by atoms with Crippen molar-refractivity contribution in [3.8, 4) is 5.75 Å². The Morgan fingerprint density at radius 2 is 1.94 bits per heavy atom. The number of carbonyl (C=O) groups excluding carboxylic acids is 1. The lowest BCUT2D eigenvalue weighted by molar-refractivity contribution is -0.135. The highest BCUT2D eigenvalue weighted by molar-refractivity contribution is 7.89. The number of carbonyl (C=O) groups is 1. The number of aryl methyl sites for hydroxylation is 1. The first kappa shape index (κ1) is 25.0. The Hall–Kier alpha value is -1.64. The van der Waals surface area contributed by atoms with Gasteiger partial charge in [0, 0.05) is 26.1 Å². The number of benzene rings is 1. The number of ether oxygens (including phenoxy) is 2. The molecular weight excluding hydrogens is 464 g/mol. The van der Waals surface area contributed by atoms with Gasteiger partial charge >= 0.3 is 0 Å². The van der Waals surface area contributed by atoms with Crippen LogP contribution < -0.4 is 14.8 Å². The van der Waals surface area contributed by atoms with Crippen LogP contribution in [0, 0.1) is 22.7 Å². The molecule has 194 valence electrons. The first-order valence-electron chi connectivity index (χ1n) is 13.0. The molecule has 5 atom stereocenters. The number of amides is 1. The zero-order chi connectivity index (χ0) is 25.2. The van der Waals surface area contributed by atoms with Gasteiger partial charge in [0.1, 0.15) is 11.4 Å². The molecule has 2 aliphatic heterocycles. The smallest absolute Gasteiger partial charge is 0.240 e. The van der Waals surface area contributed by atoms with Gasteiger partial charge in [0.15, 0.2) is 0 Å². The molecule has 4 aliphatic rings. The minimum Gasteiger partial charge on any atom is -0.488 e. The van der Waals surface area contributed by atoms with Crippen LogP contribution in [0.1, 0.15) is 72.3 Å². The predicted molar refractivity (Wildman–Crippen MR) is 134 cm³/mol. The van der Waals surface area contributed by atoms with Crippen molar-refractivity contribution in [3.05, 3.63) is 23.8 Å². The van der Waals surface area contributed by atoms with Gasteiger partial charge < -0.3 is 14.8 Å². The SMILES string of the molecule is CC(=O)N[C@H]1C(C)(C)[C@@H]2C[C@@H]3[C@@H](CCNS(=O)(=O)c4ccc5c(c4)CCC(C)(C)O5)OCCC31C2. The van der Waals surface area contributed by atoms with E-state index in [1.165, 1.54) is 0 Å². The average Bonchev–Trinajstić information content (AvgIpc) is 3.26. The van der Waals surface area contributed by atoms with Crippen LogP contribution in [0.2, 0.25) is 0 Å². The van der Waals surface area contributed by atoms with Crippen LogP contribution in [0.4, 0.5) is 0 Å². The second-order valence-corrected chi connectivity index (χ2v) is 14.2. The van der Waals surface area contributed by atoms with E-state index in [9.17, 15) is 13.2 Å². The number of rotatable bonds is 6. The molecule has 1 unspecified atom stereocenters. The Balaban J connectivity index is 1.25. The lowest BCUT2D eigenvalue weighted by atomic mass is 9.59. The summed E-state index contributed by atoms with van der Waals surface area (Å²) in [6.45, 7) is 11.3. The first-order chi connectivity index (χ1) is 16.3. The Labute approximate surface area is 209 Å². The van der Waals surface area contributed by atoms with Crippen LogP contribution in [0.3, 0.4) is 0 Å². The molecule has 1 spiro atoms. The third-order valence-corrected chi connectivity index (χ3v) is 10.9. The molecule has 1 saturated heterocycles. The van der Waals surface area contributed by atoms with Crippen molar-refractivity contribution in [2.45, 2.75) is 95.8 Å². The van der Waals surface area contributed by atoms with Crippen LogP contribution in [0.15, 0.2) is 23.1 Å². The van der Waals surface area contributed by atoms with Crippen LogP contribution in [0.25, 0.3) is 0 Å². The lowest BCUT2D eigenvalue weighted by Crippen LogP contribution is -2.60. The minimum atomic E-state index is -3.62. The summed E-state index contributed by atoms with van der Waals surface area (Å²) >= 11 is 0. The summed E-state index contributed by atoms with van der Waals surface area (Å²) in [4.78, 5) is 12.3. The van der Waals surface area contributed by atoms with E-state index in [0.29, 0.717) is 31.4 Å². The van der Waals surface area contributed by atoms with Gasteiger partial charge in [-0.05, 0) is 98.8 Å². The van der Waals surface area contributed by atoms with Crippen molar-refractivity contribution >= 4 is 15.9 Å². The highest BCUT2D eigenvalue weighted by Crippen LogP contribution is 2.68. The Morgan fingerprint density at radius 1 is 1.17 bits per heavy atom. The number of sulfonamides is 1. The van der Waals surface area contributed by atoms with Crippen molar-refractivity contribution < 1.29 is 22.7 Å².